The molecule has 0 bridgehead atoms. The van der Waals surface area contributed by atoms with E-state index in [4.69, 9.17) is 23.7 Å². The fraction of sp³-hybridized carbons (Fsp3) is 0.405. The van der Waals surface area contributed by atoms with Crippen molar-refractivity contribution in [2.75, 3.05) is 19.8 Å². The van der Waals surface area contributed by atoms with Crippen LogP contribution < -0.4 is 5.32 Å². The Balaban J connectivity index is 1.40. The molecule has 286 valence electrons. The van der Waals surface area contributed by atoms with Crippen LogP contribution in [-0.4, -0.2) is 84.5 Å². The number of allylic oxidation sites excluding steroid dienone is 7. The number of benzene rings is 2. The van der Waals surface area contributed by atoms with Crippen molar-refractivity contribution in [1.29, 1.82) is 0 Å². The van der Waals surface area contributed by atoms with Gasteiger partial charge in [0.15, 0.2) is 0 Å². The van der Waals surface area contributed by atoms with Gasteiger partial charge in [0.2, 0.25) is 5.91 Å². The van der Waals surface area contributed by atoms with Gasteiger partial charge in [0, 0.05) is 32.1 Å². The van der Waals surface area contributed by atoms with Gasteiger partial charge < -0.3 is 29.0 Å². The van der Waals surface area contributed by atoms with E-state index in [1.165, 1.54) is 18.7 Å². The molecular formula is C42H48N2O10. The lowest BCUT2D eigenvalue weighted by molar-refractivity contribution is -0.168. The molecular weight excluding hydrogens is 692 g/mol. The minimum atomic E-state index is -1.37. The normalized spacial score (nSPS) is 20.4. The van der Waals surface area contributed by atoms with Gasteiger partial charge in [-0.3, -0.25) is 19.3 Å². The van der Waals surface area contributed by atoms with Crippen LogP contribution in [-0.2, 0) is 42.9 Å². The predicted octanol–water partition coefficient (Wildman–Crippen LogP) is 5.92. The maximum absolute atomic E-state index is 14.3. The molecule has 2 aliphatic carbocycles. The van der Waals surface area contributed by atoms with E-state index in [0.29, 0.717) is 5.76 Å². The van der Waals surface area contributed by atoms with Crippen LogP contribution in [0.2, 0.25) is 0 Å². The van der Waals surface area contributed by atoms with Crippen molar-refractivity contribution >= 4 is 29.9 Å². The van der Waals surface area contributed by atoms with Gasteiger partial charge in [0.25, 0.3) is 0 Å². The van der Waals surface area contributed by atoms with E-state index in [9.17, 15) is 24.0 Å². The molecule has 0 radical (unpaired) electrons. The quantitative estimate of drug-likeness (QED) is 0.206. The van der Waals surface area contributed by atoms with Gasteiger partial charge in [0.05, 0.1) is 6.54 Å². The number of amides is 2. The Bertz CT molecular complexity index is 1810. The first-order valence-electron chi connectivity index (χ1n) is 18.1. The Morgan fingerprint density at radius 3 is 2.11 bits per heavy atom. The molecule has 1 N–H and O–H groups in total. The zero-order valence-corrected chi connectivity index (χ0v) is 31.5. The largest absolute Gasteiger partial charge is 0.488 e. The lowest BCUT2D eigenvalue weighted by Crippen LogP contribution is -2.56. The van der Waals surface area contributed by atoms with Crippen LogP contribution in [0.4, 0.5) is 4.79 Å². The topological polar surface area (TPSA) is 147 Å². The fourth-order valence-corrected chi connectivity index (χ4v) is 6.77. The summed E-state index contributed by atoms with van der Waals surface area (Å²) in [6, 6.07) is 13.5. The molecule has 1 aliphatic heterocycles. The van der Waals surface area contributed by atoms with E-state index in [1.807, 2.05) is 78.9 Å². The number of nitrogens with zero attached hydrogens (tertiary/aromatic N) is 1. The Morgan fingerprint density at radius 1 is 0.852 bits per heavy atom. The first kappa shape index (κ1) is 39.6. The second kappa shape index (κ2) is 17.5. The van der Waals surface area contributed by atoms with E-state index in [1.54, 1.807) is 39.8 Å². The first-order chi connectivity index (χ1) is 25.7. The van der Waals surface area contributed by atoms with E-state index in [-0.39, 0.29) is 32.1 Å². The Hall–Kier alpha value is -5.65. The fourth-order valence-electron chi connectivity index (χ4n) is 6.77. The zero-order valence-electron chi connectivity index (χ0n) is 31.5. The number of hydrogen-bond acceptors (Lipinski definition) is 10. The smallest absolute Gasteiger partial charge is 0.410 e. The summed E-state index contributed by atoms with van der Waals surface area (Å²) in [5.74, 6) is -3.36. The standard InChI is InChI=1S/C42H48N2O10/c1-26(37(52-28(3)46)25-50-27(2)45)38(40(48)54-42(4,5)6)43-39(47)36-22-30(53-29-16-10-8-7-9-11-17-29)23-44(36)41(49)51-24-35-33-20-14-12-18-31(33)32-19-13-15-21-34(32)35/h7-21,26,30,35-38H,22-25H2,1-6H3,(H,43,47)/b8-7-,9-7?,10-8?,11-9-,16-10?,17-11?,29-16?,29-17?/t26-,30+,36-,37-,38-/m0/s1. The molecule has 0 aromatic heterocycles. The molecule has 2 aromatic carbocycles. The van der Waals surface area contributed by atoms with Crippen molar-refractivity contribution in [1.82, 2.24) is 10.2 Å². The molecule has 5 atom stereocenters. The van der Waals surface area contributed by atoms with Crippen molar-refractivity contribution < 1.29 is 47.7 Å². The van der Waals surface area contributed by atoms with Gasteiger partial charge in [0.1, 0.15) is 48.9 Å². The molecule has 0 unspecified atom stereocenters. The third kappa shape index (κ3) is 10.1. The highest BCUT2D eigenvalue weighted by molar-refractivity contribution is 5.90. The van der Waals surface area contributed by atoms with Crippen LogP contribution in [0.15, 0.2) is 96.8 Å². The van der Waals surface area contributed by atoms with Gasteiger partial charge in [-0.15, -0.1) is 0 Å². The van der Waals surface area contributed by atoms with Crippen LogP contribution in [0.3, 0.4) is 0 Å². The highest BCUT2D eigenvalue weighted by atomic mass is 16.6. The summed E-state index contributed by atoms with van der Waals surface area (Å²) in [7, 11) is 0. The third-order valence-electron chi connectivity index (χ3n) is 9.24. The maximum Gasteiger partial charge on any atom is 0.410 e. The lowest BCUT2D eigenvalue weighted by Gasteiger charge is -2.33. The third-order valence-corrected chi connectivity index (χ3v) is 9.24. The summed E-state index contributed by atoms with van der Waals surface area (Å²) >= 11 is 0. The van der Waals surface area contributed by atoms with E-state index >= 15 is 0 Å². The van der Waals surface area contributed by atoms with Gasteiger partial charge in [-0.05, 0) is 55.2 Å². The molecule has 5 rings (SSSR count). The van der Waals surface area contributed by atoms with Crippen LogP contribution in [0.1, 0.15) is 65.0 Å². The summed E-state index contributed by atoms with van der Waals surface area (Å²) < 4.78 is 28.5. The van der Waals surface area contributed by atoms with Gasteiger partial charge >= 0.3 is 24.0 Å². The van der Waals surface area contributed by atoms with Crippen molar-refractivity contribution in [2.24, 2.45) is 5.92 Å². The SMILES string of the molecule is CC(=O)OC[C@H](OC(C)=O)[C@H](C)[C@H](NC(=O)[C@@H]1C[C@@H](OC2=C/C=C\C=C/C=C2)CN1C(=O)OCC1c2ccccc2-c2ccccc21)C(=O)OC(C)(C)C. The Morgan fingerprint density at radius 2 is 1.48 bits per heavy atom. The molecule has 3 aliphatic rings. The number of nitrogens with one attached hydrogen (secondary N) is 1. The first-order valence-corrected chi connectivity index (χ1v) is 18.1. The second-order valence-corrected chi connectivity index (χ2v) is 14.5. The molecule has 0 spiro atoms. The zero-order chi connectivity index (χ0) is 39.0. The molecule has 2 amide bonds. The number of fused-ring (bicyclic) bond motifs is 3. The highest BCUT2D eigenvalue weighted by Gasteiger charge is 2.45. The van der Waals surface area contributed by atoms with E-state index in [2.05, 4.69) is 5.32 Å². The number of hydrogen-bond donors (Lipinski definition) is 1. The summed E-state index contributed by atoms with van der Waals surface area (Å²) in [4.78, 5) is 67.1. The summed E-state index contributed by atoms with van der Waals surface area (Å²) in [5, 5.41) is 2.77. The minimum absolute atomic E-state index is 0.0225. The number of esters is 3. The van der Waals surface area contributed by atoms with Crippen LogP contribution >= 0.6 is 0 Å². The number of carbonyl (C=O) groups is 5. The molecule has 2 aromatic rings. The number of carbonyl (C=O) groups excluding carboxylic acids is 5. The summed E-state index contributed by atoms with van der Waals surface area (Å²) in [5.41, 5.74) is 3.30. The lowest BCUT2D eigenvalue weighted by atomic mass is 9.94. The molecule has 1 saturated heterocycles. The predicted molar refractivity (Wildman–Crippen MR) is 200 cm³/mol. The van der Waals surface area contributed by atoms with Crippen molar-refractivity contribution in [3.05, 3.63) is 108 Å². The van der Waals surface area contributed by atoms with E-state index < -0.39 is 65.7 Å². The molecule has 12 heteroatoms. The maximum atomic E-state index is 14.3. The van der Waals surface area contributed by atoms with Gasteiger partial charge in [-0.1, -0.05) is 85.8 Å². The number of rotatable bonds is 12. The highest BCUT2D eigenvalue weighted by Crippen LogP contribution is 2.44. The Labute approximate surface area is 315 Å². The molecule has 0 saturated carbocycles. The summed E-state index contributed by atoms with van der Waals surface area (Å²) in [6.45, 7) is 8.70. The van der Waals surface area contributed by atoms with Crippen LogP contribution in [0.5, 0.6) is 0 Å². The molecule has 1 heterocycles. The average Bonchev–Trinajstić information content (AvgIpc) is 3.67. The average molecular weight is 741 g/mol. The Kier molecular flexibility index (Phi) is 12.8. The molecule has 12 nitrogen and oxygen atoms in total. The number of ether oxygens (including phenoxy) is 5. The van der Waals surface area contributed by atoms with E-state index in [0.717, 1.165) is 22.3 Å². The van der Waals surface area contributed by atoms with Gasteiger partial charge in [-0.2, -0.15) is 0 Å². The second-order valence-electron chi connectivity index (χ2n) is 14.5. The number of likely N-dealkylation sites (tertiary alicyclic amines) is 1. The molecule has 1 fully saturated rings. The van der Waals surface area contributed by atoms with Gasteiger partial charge in [-0.25, -0.2) is 9.59 Å². The van der Waals surface area contributed by atoms with Crippen molar-refractivity contribution in [2.45, 2.75) is 83.8 Å². The minimum Gasteiger partial charge on any atom is -0.488 e. The van der Waals surface area contributed by atoms with Crippen molar-refractivity contribution in [3.63, 3.8) is 0 Å². The monoisotopic (exact) mass is 740 g/mol. The molecule has 54 heavy (non-hydrogen) atoms. The van der Waals surface area contributed by atoms with Crippen LogP contribution in [0, 0.1) is 5.92 Å². The van der Waals surface area contributed by atoms with Crippen molar-refractivity contribution in [3.8, 4) is 11.1 Å². The van der Waals surface area contributed by atoms with Crippen LogP contribution in [0.25, 0.3) is 11.1 Å². The summed E-state index contributed by atoms with van der Waals surface area (Å²) in [6.07, 6.45) is 10.4.